The summed E-state index contributed by atoms with van der Waals surface area (Å²) in [4.78, 5) is 33.8. The molecule has 2 atom stereocenters. The Labute approximate surface area is 152 Å². The second kappa shape index (κ2) is 6.74. The minimum atomic E-state index is -0.740. The molecule has 26 heavy (non-hydrogen) atoms. The van der Waals surface area contributed by atoms with Crippen LogP contribution in [0.25, 0.3) is 10.9 Å². The third-order valence-electron chi connectivity index (χ3n) is 5.55. The number of carboxylic acid groups (broad SMARTS) is 1. The van der Waals surface area contributed by atoms with Crippen molar-refractivity contribution in [1.82, 2.24) is 19.7 Å². The second-order valence-corrected chi connectivity index (χ2v) is 7.44. The lowest BCUT2D eigenvalue weighted by molar-refractivity contribution is -0.142. The van der Waals surface area contributed by atoms with E-state index in [1.165, 1.54) is 0 Å². The number of likely N-dealkylation sites (N-methyl/N-ethyl adjacent to an activating group) is 1. The Kier molecular flexibility index (Phi) is 4.42. The summed E-state index contributed by atoms with van der Waals surface area (Å²) in [5.41, 5.74) is 1.73. The van der Waals surface area contributed by atoms with Crippen LogP contribution in [0.15, 0.2) is 30.5 Å². The van der Waals surface area contributed by atoms with Gasteiger partial charge in [0.25, 0.3) is 5.91 Å². The molecular weight excluding hydrogens is 332 g/mol. The molecule has 2 aromatic rings. The first-order valence-electron chi connectivity index (χ1n) is 9.03. The molecule has 1 aromatic heterocycles. The molecule has 3 heterocycles. The van der Waals surface area contributed by atoms with E-state index in [-0.39, 0.29) is 17.9 Å². The van der Waals surface area contributed by atoms with Crippen LogP contribution in [-0.2, 0) is 4.79 Å². The molecule has 0 bridgehead atoms. The minimum absolute atomic E-state index is 0.0504. The Hall–Kier alpha value is -2.38. The van der Waals surface area contributed by atoms with Gasteiger partial charge in [-0.3, -0.25) is 14.5 Å². The Bertz CT molecular complexity index is 833. The van der Waals surface area contributed by atoms with Crippen molar-refractivity contribution < 1.29 is 14.7 Å². The molecule has 7 nitrogen and oxygen atoms in total. The van der Waals surface area contributed by atoms with Crippen molar-refractivity contribution in [3.8, 4) is 0 Å². The zero-order valence-corrected chi connectivity index (χ0v) is 14.9. The van der Waals surface area contributed by atoms with Crippen molar-refractivity contribution in [3.05, 3.63) is 36.0 Å². The predicted octanol–water partition coefficient (Wildman–Crippen LogP) is 0.941. The van der Waals surface area contributed by atoms with Crippen molar-refractivity contribution in [2.24, 2.45) is 5.92 Å². The summed E-state index contributed by atoms with van der Waals surface area (Å²) in [5.74, 6) is -1.06. The van der Waals surface area contributed by atoms with E-state index in [2.05, 4.69) is 14.8 Å². The molecule has 138 valence electrons. The highest BCUT2D eigenvalue weighted by atomic mass is 16.4. The van der Waals surface area contributed by atoms with E-state index < -0.39 is 5.97 Å². The number of H-pyrrole nitrogens is 1. The van der Waals surface area contributed by atoms with E-state index in [1.54, 1.807) is 0 Å². The fraction of sp³-hybridized carbons (Fsp3) is 0.474. The third-order valence-corrected chi connectivity index (χ3v) is 5.55. The zero-order chi connectivity index (χ0) is 18.3. The largest absolute Gasteiger partial charge is 0.481 e. The van der Waals surface area contributed by atoms with E-state index in [1.807, 2.05) is 42.4 Å². The summed E-state index contributed by atoms with van der Waals surface area (Å²) in [6.07, 6.45) is 1.87. The smallest absolute Gasteiger partial charge is 0.309 e. The van der Waals surface area contributed by atoms with Gasteiger partial charge in [0.2, 0.25) is 0 Å². The first kappa shape index (κ1) is 17.1. The number of nitrogens with zero attached hydrogens (tertiary/aromatic N) is 3. The number of aromatic amines is 1. The molecular formula is C19H24N4O3. The van der Waals surface area contributed by atoms with Crippen LogP contribution in [0.5, 0.6) is 0 Å². The Morgan fingerprint density at radius 3 is 2.77 bits per heavy atom. The molecule has 2 fully saturated rings. The molecule has 0 saturated carbocycles. The lowest BCUT2D eigenvalue weighted by Gasteiger charge is -2.41. The number of benzene rings is 1. The average Bonchev–Trinajstić information content (AvgIpc) is 3.02. The first-order valence-corrected chi connectivity index (χ1v) is 9.03. The van der Waals surface area contributed by atoms with Crippen LogP contribution in [0.2, 0.25) is 0 Å². The number of carboxylic acids is 1. The van der Waals surface area contributed by atoms with Crippen LogP contribution < -0.4 is 0 Å². The molecule has 0 radical (unpaired) electrons. The highest BCUT2D eigenvalue weighted by Crippen LogP contribution is 2.21. The maximum Gasteiger partial charge on any atom is 0.309 e. The molecule has 0 aliphatic carbocycles. The van der Waals surface area contributed by atoms with Gasteiger partial charge in [-0.25, -0.2) is 0 Å². The molecule has 0 spiro atoms. The van der Waals surface area contributed by atoms with E-state index in [0.29, 0.717) is 31.7 Å². The highest BCUT2D eigenvalue weighted by Gasteiger charge is 2.36. The summed E-state index contributed by atoms with van der Waals surface area (Å²) < 4.78 is 0. The third kappa shape index (κ3) is 3.20. The number of piperazine rings is 1. The highest BCUT2D eigenvalue weighted by molar-refractivity contribution is 5.98. The number of fused-ring (bicyclic) bond motifs is 2. The SMILES string of the molecule is CN1C[C@H](C(=O)O)CN2CCN(C(=O)c3ccc4[nH]ccc4c3)C[C@H]2C1. The fourth-order valence-corrected chi connectivity index (χ4v) is 4.17. The molecule has 2 aliphatic rings. The maximum absolute atomic E-state index is 13.0. The second-order valence-electron chi connectivity index (χ2n) is 7.44. The van der Waals surface area contributed by atoms with E-state index in [4.69, 9.17) is 0 Å². The number of amides is 1. The van der Waals surface area contributed by atoms with E-state index in [9.17, 15) is 14.7 Å². The van der Waals surface area contributed by atoms with Crippen LogP contribution in [0.3, 0.4) is 0 Å². The number of aromatic nitrogens is 1. The number of nitrogens with one attached hydrogen (secondary N) is 1. The van der Waals surface area contributed by atoms with Crippen molar-refractivity contribution in [2.75, 3.05) is 46.3 Å². The topological polar surface area (TPSA) is 79.9 Å². The monoisotopic (exact) mass is 356 g/mol. The molecule has 4 rings (SSSR count). The van der Waals surface area contributed by atoms with Gasteiger partial charge in [0.1, 0.15) is 0 Å². The lowest BCUT2D eigenvalue weighted by Crippen LogP contribution is -2.57. The summed E-state index contributed by atoms with van der Waals surface area (Å²) >= 11 is 0. The Balaban J connectivity index is 1.50. The number of carbonyl (C=O) groups excluding carboxylic acids is 1. The van der Waals surface area contributed by atoms with Gasteiger partial charge in [0, 0.05) is 68.0 Å². The van der Waals surface area contributed by atoms with Crippen molar-refractivity contribution in [2.45, 2.75) is 6.04 Å². The molecule has 2 saturated heterocycles. The Morgan fingerprint density at radius 1 is 1.12 bits per heavy atom. The predicted molar refractivity (Wildman–Crippen MR) is 98.2 cm³/mol. The van der Waals surface area contributed by atoms with Gasteiger partial charge in [-0.15, -0.1) is 0 Å². The summed E-state index contributed by atoms with van der Waals surface area (Å²) in [7, 11) is 1.96. The van der Waals surface area contributed by atoms with Crippen LogP contribution in [0, 0.1) is 5.92 Å². The van der Waals surface area contributed by atoms with Crippen LogP contribution in [0.1, 0.15) is 10.4 Å². The van der Waals surface area contributed by atoms with Gasteiger partial charge in [-0.1, -0.05) is 0 Å². The van der Waals surface area contributed by atoms with E-state index in [0.717, 1.165) is 24.0 Å². The summed E-state index contributed by atoms with van der Waals surface area (Å²) in [6.45, 7) is 3.89. The maximum atomic E-state index is 13.0. The number of carbonyl (C=O) groups is 2. The van der Waals surface area contributed by atoms with Crippen LogP contribution >= 0.6 is 0 Å². The Morgan fingerprint density at radius 2 is 1.96 bits per heavy atom. The van der Waals surface area contributed by atoms with Crippen molar-refractivity contribution >= 4 is 22.8 Å². The van der Waals surface area contributed by atoms with E-state index >= 15 is 0 Å². The lowest BCUT2D eigenvalue weighted by atomic mass is 10.1. The van der Waals surface area contributed by atoms with Crippen molar-refractivity contribution in [3.63, 3.8) is 0 Å². The number of hydrogen-bond acceptors (Lipinski definition) is 4. The minimum Gasteiger partial charge on any atom is -0.481 e. The van der Waals surface area contributed by atoms with Crippen LogP contribution in [0.4, 0.5) is 0 Å². The molecule has 0 unspecified atom stereocenters. The van der Waals surface area contributed by atoms with Gasteiger partial charge in [0.05, 0.1) is 5.92 Å². The van der Waals surface area contributed by atoms with Gasteiger partial charge in [-0.05, 0) is 31.3 Å². The number of hydrogen-bond donors (Lipinski definition) is 2. The average molecular weight is 356 g/mol. The first-order chi connectivity index (χ1) is 12.5. The van der Waals surface area contributed by atoms with Gasteiger partial charge in [0.15, 0.2) is 0 Å². The molecule has 1 aromatic carbocycles. The number of aliphatic carboxylic acids is 1. The number of rotatable bonds is 2. The van der Waals surface area contributed by atoms with Gasteiger partial charge >= 0.3 is 5.97 Å². The molecule has 1 amide bonds. The fourth-order valence-electron chi connectivity index (χ4n) is 4.17. The summed E-state index contributed by atoms with van der Waals surface area (Å²) in [5, 5.41) is 10.4. The molecule has 7 heteroatoms. The standard InChI is InChI=1S/C19H24N4O3/c1-21-9-15(19(25)26)10-22-6-7-23(12-16(22)11-21)18(24)14-2-3-17-13(8-14)4-5-20-17/h2-5,8,15-16,20H,6-7,9-12H2,1H3,(H,25,26)/t15-,16+/m0/s1. The quantitative estimate of drug-likeness (QED) is 0.837. The molecule has 2 aliphatic heterocycles. The molecule has 2 N–H and O–H groups in total. The zero-order valence-electron chi connectivity index (χ0n) is 14.9. The van der Waals surface area contributed by atoms with Crippen molar-refractivity contribution in [1.29, 1.82) is 0 Å². The normalized spacial score (nSPS) is 25.0. The van der Waals surface area contributed by atoms with Gasteiger partial charge in [-0.2, -0.15) is 0 Å². The summed E-state index contributed by atoms with van der Waals surface area (Å²) in [6, 6.07) is 7.89. The van der Waals surface area contributed by atoms with Gasteiger partial charge < -0.3 is 19.9 Å². The van der Waals surface area contributed by atoms with Crippen LogP contribution in [-0.4, -0.2) is 89.0 Å².